The molecule has 0 atom stereocenters. The summed E-state index contributed by atoms with van der Waals surface area (Å²) >= 11 is 1.48. The lowest BCUT2D eigenvalue weighted by Gasteiger charge is -2.16. The van der Waals surface area contributed by atoms with Crippen LogP contribution >= 0.6 is 11.5 Å². The normalized spacial score (nSPS) is 11.0. The smallest absolute Gasteiger partial charge is 0.204 e. The summed E-state index contributed by atoms with van der Waals surface area (Å²) in [4.78, 5) is 6.58. The van der Waals surface area contributed by atoms with E-state index in [2.05, 4.69) is 47.4 Å². The van der Waals surface area contributed by atoms with Gasteiger partial charge in [0, 0.05) is 44.1 Å². The molecule has 1 aromatic rings. The third-order valence-corrected chi connectivity index (χ3v) is 2.97. The number of nitrogens with one attached hydrogen (secondary N) is 1. The maximum atomic E-state index is 4.43. The van der Waals surface area contributed by atoms with Crippen LogP contribution in [-0.4, -0.2) is 35.5 Å². The molecule has 1 aromatic heterocycles. The van der Waals surface area contributed by atoms with Crippen LogP contribution in [0.5, 0.6) is 0 Å². The summed E-state index contributed by atoms with van der Waals surface area (Å²) in [5.41, 5.74) is 0. The van der Waals surface area contributed by atoms with E-state index in [1.54, 1.807) is 0 Å². The molecule has 0 spiro atoms. The minimum Gasteiger partial charge on any atom is -0.349 e. The lowest BCUT2D eigenvalue weighted by molar-refractivity contribution is 0.589. The van der Waals surface area contributed by atoms with Crippen molar-refractivity contribution in [1.29, 1.82) is 0 Å². The van der Waals surface area contributed by atoms with Crippen LogP contribution in [-0.2, 0) is 6.42 Å². The molecule has 0 amide bonds. The summed E-state index contributed by atoms with van der Waals surface area (Å²) in [6.45, 7) is 8.33. The molecule has 0 saturated heterocycles. The molecule has 86 valence electrons. The molecule has 0 radical (unpaired) electrons. The van der Waals surface area contributed by atoms with Crippen LogP contribution in [0, 0.1) is 0 Å². The van der Waals surface area contributed by atoms with E-state index in [4.69, 9.17) is 0 Å². The minimum atomic E-state index is 0.541. The monoisotopic (exact) mass is 228 g/mol. The number of aromatic nitrogens is 2. The van der Waals surface area contributed by atoms with Gasteiger partial charge in [-0.3, -0.25) is 0 Å². The van der Waals surface area contributed by atoms with Crippen molar-refractivity contribution in [2.75, 3.05) is 25.0 Å². The maximum Gasteiger partial charge on any atom is 0.204 e. The van der Waals surface area contributed by atoms with Crippen molar-refractivity contribution in [2.24, 2.45) is 0 Å². The number of nitrogens with zero attached hydrogens (tertiary/aromatic N) is 3. The Morgan fingerprint density at radius 3 is 2.73 bits per heavy atom. The molecule has 1 heterocycles. The number of likely N-dealkylation sites (N-methyl/N-ethyl adjacent to an activating group) is 1. The second-order valence-corrected chi connectivity index (χ2v) is 4.61. The third kappa shape index (κ3) is 4.13. The molecular formula is C10H20N4S. The summed E-state index contributed by atoms with van der Waals surface area (Å²) in [6.07, 6.45) is 0.911. The van der Waals surface area contributed by atoms with Gasteiger partial charge in [-0.05, 0) is 0 Å². The zero-order valence-corrected chi connectivity index (χ0v) is 10.8. The van der Waals surface area contributed by atoms with Crippen LogP contribution in [0.1, 0.15) is 26.6 Å². The molecule has 4 nitrogen and oxygen atoms in total. The van der Waals surface area contributed by atoms with Crippen molar-refractivity contribution in [3.63, 3.8) is 0 Å². The summed E-state index contributed by atoms with van der Waals surface area (Å²) in [6, 6.07) is 0.541. The molecule has 0 aliphatic heterocycles. The molecular weight excluding hydrogens is 208 g/mol. The van der Waals surface area contributed by atoms with E-state index in [0.29, 0.717) is 6.04 Å². The van der Waals surface area contributed by atoms with Crippen LogP contribution in [0.2, 0.25) is 0 Å². The highest BCUT2D eigenvalue weighted by atomic mass is 32.1. The van der Waals surface area contributed by atoms with E-state index in [1.807, 2.05) is 0 Å². The van der Waals surface area contributed by atoms with E-state index in [0.717, 1.165) is 30.5 Å². The van der Waals surface area contributed by atoms with Gasteiger partial charge < -0.3 is 10.2 Å². The second-order valence-electron chi connectivity index (χ2n) is 3.88. The lowest BCUT2D eigenvalue weighted by atomic mass is 10.4. The Hall–Kier alpha value is -0.680. The van der Waals surface area contributed by atoms with E-state index >= 15 is 0 Å². The lowest BCUT2D eigenvalue weighted by Crippen LogP contribution is -2.32. The first kappa shape index (κ1) is 12.4. The summed E-state index contributed by atoms with van der Waals surface area (Å²) in [5.74, 6) is 0.943. The largest absolute Gasteiger partial charge is 0.349 e. The Labute approximate surface area is 95.9 Å². The molecule has 1 N–H and O–H groups in total. The molecule has 0 bridgehead atoms. The first-order chi connectivity index (χ1) is 7.13. The summed E-state index contributed by atoms with van der Waals surface area (Å²) < 4.78 is 4.27. The van der Waals surface area contributed by atoms with Crippen LogP contribution < -0.4 is 10.2 Å². The highest BCUT2D eigenvalue weighted by Gasteiger charge is 2.06. The molecule has 0 fully saturated rings. The van der Waals surface area contributed by atoms with Crippen LogP contribution in [0.4, 0.5) is 5.13 Å². The Morgan fingerprint density at radius 2 is 2.20 bits per heavy atom. The maximum absolute atomic E-state index is 4.43. The van der Waals surface area contributed by atoms with Crippen LogP contribution in [0.3, 0.4) is 0 Å². The van der Waals surface area contributed by atoms with Gasteiger partial charge in [0.25, 0.3) is 0 Å². The quantitative estimate of drug-likeness (QED) is 0.802. The van der Waals surface area contributed by atoms with Crippen LogP contribution in [0.15, 0.2) is 0 Å². The third-order valence-electron chi connectivity index (χ3n) is 2.10. The van der Waals surface area contributed by atoms with E-state index in [1.165, 1.54) is 11.5 Å². The van der Waals surface area contributed by atoms with Crippen molar-refractivity contribution in [3.05, 3.63) is 5.82 Å². The number of hydrogen-bond donors (Lipinski definition) is 1. The summed E-state index contributed by atoms with van der Waals surface area (Å²) in [7, 11) is 2.06. The van der Waals surface area contributed by atoms with Crippen molar-refractivity contribution in [1.82, 2.24) is 14.7 Å². The van der Waals surface area contributed by atoms with E-state index in [9.17, 15) is 0 Å². The average molecular weight is 228 g/mol. The second kappa shape index (κ2) is 6.02. The zero-order valence-electron chi connectivity index (χ0n) is 9.95. The van der Waals surface area contributed by atoms with Crippen molar-refractivity contribution >= 4 is 16.7 Å². The fourth-order valence-corrected chi connectivity index (χ4v) is 1.89. The molecule has 0 saturated carbocycles. The molecule has 1 rings (SSSR count). The SMILES string of the molecule is CCc1nsc(N(C)CCNC(C)C)n1. The number of anilines is 1. The number of rotatable bonds is 6. The van der Waals surface area contributed by atoms with Gasteiger partial charge in [0.05, 0.1) is 0 Å². The average Bonchev–Trinajstić information content (AvgIpc) is 2.65. The first-order valence-corrected chi connectivity index (χ1v) is 6.18. The zero-order chi connectivity index (χ0) is 11.3. The van der Waals surface area contributed by atoms with Gasteiger partial charge >= 0.3 is 0 Å². The molecule has 0 unspecified atom stereocenters. The molecule has 15 heavy (non-hydrogen) atoms. The van der Waals surface area contributed by atoms with Crippen molar-refractivity contribution < 1.29 is 0 Å². The predicted molar refractivity (Wildman–Crippen MR) is 65.7 cm³/mol. The van der Waals surface area contributed by atoms with Gasteiger partial charge in [0.2, 0.25) is 5.13 Å². The van der Waals surface area contributed by atoms with Gasteiger partial charge in [-0.15, -0.1) is 0 Å². The topological polar surface area (TPSA) is 41.1 Å². The van der Waals surface area contributed by atoms with Gasteiger partial charge in [-0.2, -0.15) is 4.37 Å². The van der Waals surface area contributed by atoms with Gasteiger partial charge in [0.1, 0.15) is 5.82 Å². The Kier molecular flexibility index (Phi) is 4.98. The fraction of sp³-hybridized carbons (Fsp3) is 0.800. The van der Waals surface area contributed by atoms with Gasteiger partial charge in [0.15, 0.2) is 0 Å². The van der Waals surface area contributed by atoms with Crippen molar-refractivity contribution in [2.45, 2.75) is 33.2 Å². The minimum absolute atomic E-state index is 0.541. The molecule has 0 aromatic carbocycles. The number of aryl methyl sites for hydroxylation is 1. The Balaban J connectivity index is 2.36. The molecule has 0 aliphatic rings. The fourth-order valence-electron chi connectivity index (χ4n) is 1.16. The van der Waals surface area contributed by atoms with E-state index < -0.39 is 0 Å². The highest BCUT2D eigenvalue weighted by molar-refractivity contribution is 7.09. The van der Waals surface area contributed by atoms with Gasteiger partial charge in [-0.1, -0.05) is 20.8 Å². The standard InChI is InChI=1S/C10H20N4S/c1-5-9-12-10(15-13-9)14(4)7-6-11-8(2)3/h8,11H,5-7H2,1-4H3. The number of hydrogen-bond acceptors (Lipinski definition) is 5. The van der Waals surface area contributed by atoms with Crippen molar-refractivity contribution in [3.8, 4) is 0 Å². The Morgan fingerprint density at radius 1 is 1.47 bits per heavy atom. The highest BCUT2D eigenvalue weighted by Crippen LogP contribution is 2.15. The molecule has 5 heteroatoms. The van der Waals surface area contributed by atoms with E-state index in [-0.39, 0.29) is 0 Å². The molecule has 0 aliphatic carbocycles. The Bertz CT molecular complexity index is 285. The summed E-state index contributed by atoms with van der Waals surface area (Å²) in [5, 5.41) is 4.39. The predicted octanol–water partition coefficient (Wildman–Crippen LogP) is 1.53. The first-order valence-electron chi connectivity index (χ1n) is 5.40. The van der Waals surface area contributed by atoms with Crippen LogP contribution in [0.25, 0.3) is 0 Å². The van der Waals surface area contributed by atoms with Gasteiger partial charge in [-0.25, -0.2) is 4.98 Å².